The Morgan fingerprint density at radius 2 is 2.17 bits per heavy atom. The summed E-state index contributed by atoms with van der Waals surface area (Å²) >= 11 is 0. The number of H-pyrrole nitrogens is 1. The molecule has 126 valence electrons. The van der Waals surface area contributed by atoms with Crippen LogP contribution in [0.2, 0.25) is 0 Å². The minimum atomic E-state index is -0.517. The van der Waals surface area contributed by atoms with Crippen molar-refractivity contribution in [1.29, 1.82) is 0 Å². The molecule has 2 heterocycles. The van der Waals surface area contributed by atoms with Gasteiger partial charge in [0, 0.05) is 16.8 Å². The number of methoxy groups -OCH3 is 1. The highest BCUT2D eigenvalue weighted by molar-refractivity contribution is 5.93. The summed E-state index contributed by atoms with van der Waals surface area (Å²) in [5.41, 5.74) is 8.59. The van der Waals surface area contributed by atoms with Crippen LogP contribution in [-0.4, -0.2) is 29.9 Å². The maximum Gasteiger partial charge on any atom is 0.340 e. The fraction of sp³-hybridized carbons (Fsp3) is 0.294. The van der Waals surface area contributed by atoms with Gasteiger partial charge in [-0.1, -0.05) is 18.2 Å². The molecule has 0 bridgehead atoms. The van der Waals surface area contributed by atoms with E-state index in [9.17, 15) is 4.79 Å². The largest absolute Gasteiger partial charge is 0.496 e. The first kappa shape index (κ1) is 15.9. The molecule has 0 amide bonds. The lowest BCUT2D eigenvalue weighted by Gasteiger charge is -2.27. The average molecular weight is 329 g/mol. The normalized spacial score (nSPS) is 16.4. The first-order chi connectivity index (χ1) is 11.6. The third-order valence-electron chi connectivity index (χ3n) is 3.95. The number of hydrogen-bond acceptors (Lipinski definition) is 6. The number of hydrogen-bond donors (Lipinski definition) is 2. The minimum Gasteiger partial charge on any atom is -0.496 e. The molecule has 0 fully saturated rings. The Kier molecular flexibility index (Phi) is 4.16. The van der Waals surface area contributed by atoms with Crippen LogP contribution in [0.15, 0.2) is 35.7 Å². The number of nitrogens with two attached hydrogens (primary N) is 1. The van der Waals surface area contributed by atoms with Crippen molar-refractivity contribution in [2.45, 2.75) is 19.8 Å². The van der Waals surface area contributed by atoms with Crippen LogP contribution in [-0.2, 0) is 9.53 Å². The fourth-order valence-corrected chi connectivity index (χ4v) is 2.92. The van der Waals surface area contributed by atoms with Gasteiger partial charge in [0.2, 0.25) is 11.8 Å². The topological polar surface area (TPSA) is 99.5 Å². The van der Waals surface area contributed by atoms with Crippen LogP contribution in [0.5, 0.6) is 11.6 Å². The van der Waals surface area contributed by atoms with Gasteiger partial charge in [0.25, 0.3) is 0 Å². The lowest BCUT2D eigenvalue weighted by molar-refractivity contribution is -0.139. The Morgan fingerprint density at radius 3 is 2.88 bits per heavy atom. The molecule has 1 aromatic carbocycles. The van der Waals surface area contributed by atoms with Crippen molar-refractivity contribution in [2.24, 2.45) is 5.73 Å². The molecule has 3 rings (SSSR count). The standard InChI is InChI=1S/C17H19N3O4/c1-4-23-17(21)14-13(10-7-5-6-8-11(10)22-3)12-9(2)19-20-16(12)24-15(14)18/h5-8,13H,4,18H2,1-3H3,(H,19,20)/t13-/m0/s1. The van der Waals surface area contributed by atoms with Crippen LogP contribution in [0, 0.1) is 6.92 Å². The number of para-hydroxylation sites is 1. The van der Waals surface area contributed by atoms with E-state index in [0.29, 0.717) is 11.6 Å². The van der Waals surface area contributed by atoms with Gasteiger partial charge in [0.1, 0.15) is 11.3 Å². The number of esters is 1. The summed E-state index contributed by atoms with van der Waals surface area (Å²) < 4.78 is 16.2. The van der Waals surface area contributed by atoms with Crippen molar-refractivity contribution < 1.29 is 19.0 Å². The Balaban J connectivity index is 2.23. The van der Waals surface area contributed by atoms with Gasteiger partial charge in [-0.15, -0.1) is 5.10 Å². The number of ether oxygens (including phenoxy) is 3. The Bertz CT molecular complexity index is 810. The van der Waals surface area contributed by atoms with Crippen molar-refractivity contribution in [3.63, 3.8) is 0 Å². The van der Waals surface area contributed by atoms with Gasteiger partial charge in [-0.3, -0.25) is 5.10 Å². The van der Waals surface area contributed by atoms with Crippen molar-refractivity contribution in [3.8, 4) is 11.6 Å². The molecular formula is C17H19N3O4. The van der Waals surface area contributed by atoms with E-state index in [-0.39, 0.29) is 18.1 Å². The second kappa shape index (κ2) is 6.27. The van der Waals surface area contributed by atoms with Gasteiger partial charge >= 0.3 is 5.97 Å². The molecule has 1 aliphatic rings. The van der Waals surface area contributed by atoms with E-state index < -0.39 is 11.9 Å². The predicted octanol–water partition coefficient (Wildman–Crippen LogP) is 1.98. The van der Waals surface area contributed by atoms with Crippen LogP contribution < -0.4 is 15.2 Å². The van der Waals surface area contributed by atoms with E-state index in [1.165, 1.54) is 0 Å². The number of carbonyl (C=O) groups is 1. The Labute approximate surface area is 139 Å². The highest BCUT2D eigenvalue weighted by atomic mass is 16.5. The number of aromatic amines is 1. The second-order valence-electron chi connectivity index (χ2n) is 5.34. The zero-order valence-corrected chi connectivity index (χ0v) is 13.8. The zero-order chi connectivity index (χ0) is 17.3. The monoisotopic (exact) mass is 329 g/mol. The van der Waals surface area contributed by atoms with Crippen LogP contribution in [0.25, 0.3) is 0 Å². The summed E-state index contributed by atoms with van der Waals surface area (Å²) in [4.78, 5) is 12.5. The summed E-state index contributed by atoms with van der Waals surface area (Å²) in [6.45, 7) is 3.85. The summed E-state index contributed by atoms with van der Waals surface area (Å²) in [5.74, 6) is -0.0114. The molecule has 0 saturated carbocycles. The van der Waals surface area contributed by atoms with Crippen molar-refractivity contribution in [2.75, 3.05) is 13.7 Å². The number of rotatable bonds is 4. The molecule has 24 heavy (non-hydrogen) atoms. The molecule has 1 aromatic heterocycles. The fourth-order valence-electron chi connectivity index (χ4n) is 2.92. The van der Waals surface area contributed by atoms with Gasteiger partial charge in [-0.25, -0.2) is 4.79 Å². The highest BCUT2D eigenvalue weighted by Crippen LogP contribution is 2.45. The number of carbonyl (C=O) groups excluding carboxylic acids is 1. The van der Waals surface area contributed by atoms with E-state index in [1.54, 1.807) is 14.0 Å². The first-order valence-corrected chi connectivity index (χ1v) is 7.60. The van der Waals surface area contributed by atoms with Gasteiger partial charge in [0.15, 0.2) is 0 Å². The summed E-state index contributed by atoms with van der Waals surface area (Å²) in [6, 6.07) is 7.46. The van der Waals surface area contributed by atoms with Crippen LogP contribution >= 0.6 is 0 Å². The van der Waals surface area contributed by atoms with Gasteiger partial charge in [-0.05, 0) is 19.9 Å². The SMILES string of the molecule is CCOC(=O)C1=C(N)Oc2n[nH]c(C)c2[C@@H]1c1ccccc1OC. The molecule has 0 unspecified atom stereocenters. The molecule has 7 nitrogen and oxygen atoms in total. The minimum absolute atomic E-state index is 0.0108. The third-order valence-corrected chi connectivity index (χ3v) is 3.95. The molecule has 7 heteroatoms. The van der Waals surface area contributed by atoms with Gasteiger partial charge in [0.05, 0.1) is 19.6 Å². The second-order valence-corrected chi connectivity index (χ2v) is 5.34. The van der Waals surface area contributed by atoms with E-state index in [0.717, 1.165) is 16.8 Å². The number of aromatic nitrogens is 2. The van der Waals surface area contributed by atoms with E-state index >= 15 is 0 Å². The Hall–Kier alpha value is -2.96. The molecule has 2 aromatic rings. The molecule has 0 radical (unpaired) electrons. The van der Waals surface area contributed by atoms with E-state index in [1.807, 2.05) is 31.2 Å². The summed E-state index contributed by atoms with van der Waals surface area (Å²) in [6.07, 6.45) is 0. The van der Waals surface area contributed by atoms with Crippen LogP contribution in [0.1, 0.15) is 29.7 Å². The molecule has 3 N–H and O–H groups in total. The number of aryl methyl sites for hydroxylation is 1. The van der Waals surface area contributed by atoms with Crippen LogP contribution in [0.4, 0.5) is 0 Å². The highest BCUT2D eigenvalue weighted by Gasteiger charge is 2.39. The third kappa shape index (κ3) is 2.47. The maximum absolute atomic E-state index is 12.5. The molecular weight excluding hydrogens is 310 g/mol. The smallest absolute Gasteiger partial charge is 0.340 e. The average Bonchev–Trinajstić information content (AvgIpc) is 2.94. The van der Waals surface area contributed by atoms with Crippen LogP contribution in [0.3, 0.4) is 0 Å². The number of benzene rings is 1. The molecule has 0 aliphatic carbocycles. The predicted molar refractivity (Wildman–Crippen MR) is 86.6 cm³/mol. The summed E-state index contributed by atoms with van der Waals surface area (Å²) in [5, 5.41) is 7.00. The van der Waals surface area contributed by atoms with E-state index in [2.05, 4.69) is 10.2 Å². The lowest BCUT2D eigenvalue weighted by atomic mass is 9.83. The van der Waals surface area contributed by atoms with Gasteiger partial charge in [-0.2, -0.15) is 0 Å². The quantitative estimate of drug-likeness (QED) is 0.832. The molecule has 1 aliphatic heterocycles. The summed E-state index contributed by atoms with van der Waals surface area (Å²) in [7, 11) is 1.58. The van der Waals surface area contributed by atoms with Crippen molar-refractivity contribution >= 4 is 5.97 Å². The molecule has 0 saturated heterocycles. The maximum atomic E-state index is 12.5. The first-order valence-electron chi connectivity index (χ1n) is 7.60. The van der Waals surface area contributed by atoms with E-state index in [4.69, 9.17) is 19.9 Å². The van der Waals surface area contributed by atoms with Crippen molar-refractivity contribution in [1.82, 2.24) is 10.2 Å². The Morgan fingerprint density at radius 1 is 1.42 bits per heavy atom. The molecule has 0 spiro atoms. The lowest BCUT2D eigenvalue weighted by Crippen LogP contribution is -2.27. The van der Waals surface area contributed by atoms with Gasteiger partial charge < -0.3 is 19.9 Å². The van der Waals surface area contributed by atoms with Crippen molar-refractivity contribution in [3.05, 3.63) is 52.5 Å². The zero-order valence-electron chi connectivity index (χ0n) is 13.8. The number of nitrogens with one attached hydrogen (secondary N) is 1. The number of fused-ring (bicyclic) bond motifs is 1. The molecule has 1 atom stereocenters. The number of nitrogens with zero attached hydrogens (tertiary/aromatic N) is 1.